The van der Waals surface area contributed by atoms with Crippen molar-refractivity contribution in [2.45, 2.75) is 26.0 Å². The van der Waals surface area contributed by atoms with E-state index in [4.69, 9.17) is 9.15 Å². The van der Waals surface area contributed by atoms with Crippen LogP contribution in [0, 0.1) is 0 Å². The molecule has 0 saturated heterocycles. The number of furan rings is 1. The molecule has 6 nitrogen and oxygen atoms in total. The van der Waals surface area contributed by atoms with Gasteiger partial charge < -0.3 is 14.5 Å². The number of fused-ring (bicyclic) bond motifs is 3. The van der Waals surface area contributed by atoms with Gasteiger partial charge in [-0.05, 0) is 37.3 Å². The van der Waals surface area contributed by atoms with Gasteiger partial charge in [0, 0.05) is 54.5 Å². The summed E-state index contributed by atoms with van der Waals surface area (Å²) in [6.45, 7) is 3.38. The molecule has 1 aromatic carbocycles. The van der Waals surface area contributed by atoms with Crippen molar-refractivity contribution in [3.8, 4) is 11.4 Å². The van der Waals surface area contributed by atoms with E-state index in [0.717, 1.165) is 41.1 Å². The molecule has 5 rings (SSSR count). The van der Waals surface area contributed by atoms with E-state index in [2.05, 4.69) is 17.2 Å². The summed E-state index contributed by atoms with van der Waals surface area (Å²) in [4.78, 5) is 16.9. The summed E-state index contributed by atoms with van der Waals surface area (Å²) in [5.74, 6) is 1.56. The summed E-state index contributed by atoms with van der Waals surface area (Å²) < 4.78 is 13.4. The van der Waals surface area contributed by atoms with Crippen molar-refractivity contribution in [3.05, 3.63) is 88.3 Å². The highest BCUT2D eigenvalue weighted by Gasteiger charge is 2.23. The van der Waals surface area contributed by atoms with Crippen LogP contribution in [-0.4, -0.2) is 16.1 Å². The number of rotatable bonds is 4. The quantitative estimate of drug-likeness (QED) is 0.577. The Kier molecular flexibility index (Phi) is 4.41. The van der Waals surface area contributed by atoms with Crippen LogP contribution in [0.2, 0.25) is 0 Å². The van der Waals surface area contributed by atoms with Crippen LogP contribution < -0.4 is 15.6 Å². The van der Waals surface area contributed by atoms with Gasteiger partial charge in [0.15, 0.2) is 0 Å². The molecule has 0 fully saturated rings. The van der Waals surface area contributed by atoms with Crippen LogP contribution in [0.3, 0.4) is 0 Å². The summed E-state index contributed by atoms with van der Waals surface area (Å²) in [6, 6.07) is 15.1. The minimum absolute atomic E-state index is 0.158. The molecule has 4 aromatic rings. The average molecular weight is 387 g/mol. The van der Waals surface area contributed by atoms with E-state index in [0.29, 0.717) is 12.4 Å². The monoisotopic (exact) mass is 387 g/mol. The SMILES string of the molecule is C[C@@H]1NCCc2oc3cc(-n4ccc(OCc5ccccn5)cc4=O)ccc3c21. The molecule has 1 atom stereocenters. The van der Waals surface area contributed by atoms with Crippen LogP contribution in [0.25, 0.3) is 16.7 Å². The van der Waals surface area contributed by atoms with E-state index in [1.165, 1.54) is 11.6 Å². The van der Waals surface area contributed by atoms with Crippen LogP contribution in [0.5, 0.6) is 5.75 Å². The molecule has 0 aliphatic carbocycles. The van der Waals surface area contributed by atoms with Crippen LogP contribution in [-0.2, 0) is 13.0 Å². The van der Waals surface area contributed by atoms with Crippen molar-refractivity contribution >= 4 is 11.0 Å². The number of hydrogen-bond donors (Lipinski definition) is 1. The van der Waals surface area contributed by atoms with Crippen molar-refractivity contribution in [2.75, 3.05) is 6.54 Å². The smallest absolute Gasteiger partial charge is 0.258 e. The predicted molar refractivity (Wildman–Crippen MR) is 111 cm³/mol. The highest BCUT2D eigenvalue weighted by molar-refractivity contribution is 5.85. The van der Waals surface area contributed by atoms with Crippen LogP contribution in [0.1, 0.15) is 30.0 Å². The zero-order valence-corrected chi connectivity index (χ0v) is 16.1. The Balaban J connectivity index is 1.43. The fourth-order valence-corrected chi connectivity index (χ4v) is 3.88. The molecule has 3 aromatic heterocycles. The molecule has 0 spiro atoms. The molecule has 0 radical (unpaired) electrons. The summed E-state index contributed by atoms with van der Waals surface area (Å²) in [7, 11) is 0. The molecule has 0 unspecified atom stereocenters. The maximum Gasteiger partial charge on any atom is 0.258 e. The van der Waals surface area contributed by atoms with Crippen LogP contribution in [0.4, 0.5) is 0 Å². The van der Waals surface area contributed by atoms with Gasteiger partial charge in [0.1, 0.15) is 23.7 Å². The van der Waals surface area contributed by atoms with E-state index in [-0.39, 0.29) is 11.6 Å². The molecule has 1 aliphatic heterocycles. The minimum atomic E-state index is -0.158. The Morgan fingerprint density at radius 1 is 1.24 bits per heavy atom. The third kappa shape index (κ3) is 3.32. The molecule has 4 heterocycles. The standard InChI is InChI=1S/C23H21N3O3/c1-15-23-19-6-5-17(12-21(19)29-20(23)7-10-24-15)26-11-8-18(13-22(26)27)28-14-16-4-2-3-9-25-16/h2-6,8-9,11-13,15,24H,7,10,14H2,1H3/t15-/m0/s1. The minimum Gasteiger partial charge on any atom is -0.487 e. The van der Waals surface area contributed by atoms with Gasteiger partial charge in [0.25, 0.3) is 5.56 Å². The Hall–Kier alpha value is -3.38. The molecule has 6 heteroatoms. The van der Waals surface area contributed by atoms with Crippen molar-refractivity contribution in [1.82, 2.24) is 14.9 Å². The van der Waals surface area contributed by atoms with Gasteiger partial charge in [0.05, 0.1) is 11.4 Å². The second-order valence-corrected chi connectivity index (χ2v) is 7.23. The lowest BCUT2D eigenvalue weighted by atomic mass is 9.99. The molecule has 0 amide bonds. The van der Waals surface area contributed by atoms with Crippen molar-refractivity contribution in [2.24, 2.45) is 0 Å². The van der Waals surface area contributed by atoms with Crippen LogP contribution in [0.15, 0.2) is 70.1 Å². The summed E-state index contributed by atoms with van der Waals surface area (Å²) in [5.41, 5.74) is 3.46. The Morgan fingerprint density at radius 2 is 2.17 bits per heavy atom. The van der Waals surface area contributed by atoms with E-state index >= 15 is 0 Å². The number of aromatic nitrogens is 2. The molecular weight excluding hydrogens is 366 g/mol. The number of nitrogens with zero attached hydrogens (tertiary/aromatic N) is 2. The Morgan fingerprint density at radius 3 is 3.00 bits per heavy atom. The van der Waals surface area contributed by atoms with Crippen LogP contribution >= 0.6 is 0 Å². The lowest BCUT2D eigenvalue weighted by molar-refractivity contribution is 0.300. The third-order valence-electron chi connectivity index (χ3n) is 5.31. The summed E-state index contributed by atoms with van der Waals surface area (Å²) in [6.07, 6.45) is 4.33. The molecule has 29 heavy (non-hydrogen) atoms. The first-order valence-electron chi connectivity index (χ1n) is 9.73. The van der Waals surface area contributed by atoms with Gasteiger partial charge in [0.2, 0.25) is 0 Å². The van der Waals surface area contributed by atoms with E-state index in [9.17, 15) is 4.79 Å². The Bertz CT molecular complexity index is 1230. The van der Waals surface area contributed by atoms with Crippen molar-refractivity contribution < 1.29 is 9.15 Å². The first-order valence-corrected chi connectivity index (χ1v) is 9.73. The normalized spacial score (nSPS) is 16.0. The topological polar surface area (TPSA) is 69.3 Å². The van der Waals surface area contributed by atoms with Gasteiger partial charge in [-0.25, -0.2) is 0 Å². The van der Waals surface area contributed by atoms with E-state index in [1.54, 1.807) is 23.0 Å². The summed E-state index contributed by atoms with van der Waals surface area (Å²) >= 11 is 0. The fourth-order valence-electron chi connectivity index (χ4n) is 3.88. The van der Waals surface area contributed by atoms with Crippen molar-refractivity contribution in [3.63, 3.8) is 0 Å². The number of benzene rings is 1. The van der Waals surface area contributed by atoms with E-state index in [1.807, 2.05) is 36.4 Å². The zero-order chi connectivity index (χ0) is 19.8. The second-order valence-electron chi connectivity index (χ2n) is 7.23. The van der Waals surface area contributed by atoms with Gasteiger partial charge in [-0.15, -0.1) is 0 Å². The lowest BCUT2D eigenvalue weighted by Gasteiger charge is -2.19. The second kappa shape index (κ2) is 7.22. The first kappa shape index (κ1) is 17.7. The fraction of sp³-hybridized carbons (Fsp3) is 0.217. The third-order valence-corrected chi connectivity index (χ3v) is 5.31. The molecule has 146 valence electrons. The van der Waals surface area contributed by atoms with E-state index < -0.39 is 0 Å². The van der Waals surface area contributed by atoms with Gasteiger partial charge >= 0.3 is 0 Å². The first-order chi connectivity index (χ1) is 14.2. The molecular formula is C23H21N3O3. The summed E-state index contributed by atoms with van der Waals surface area (Å²) in [5, 5.41) is 4.57. The van der Waals surface area contributed by atoms with Gasteiger partial charge in [-0.2, -0.15) is 0 Å². The predicted octanol–water partition coefficient (Wildman–Crippen LogP) is 3.76. The number of ether oxygens (including phenoxy) is 1. The number of nitrogens with one attached hydrogen (secondary N) is 1. The number of hydrogen-bond acceptors (Lipinski definition) is 5. The molecule has 1 aliphatic rings. The average Bonchev–Trinajstić information content (AvgIpc) is 3.12. The molecule has 0 saturated carbocycles. The maximum atomic E-state index is 12.7. The van der Waals surface area contributed by atoms with Gasteiger partial charge in [-0.1, -0.05) is 6.07 Å². The molecule has 0 bridgehead atoms. The Labute approximate surface area is 167 Å². The lowest BCUT2D eigenvalue weighted by Crippen LogP contribution is -2.26. The highest BCUT2D eigenvalue weighted by Crippen LogP contribution is 2.34. The van der Waals surface area contributed by atoms with Crippen molar-refractivity contribution in [1.29, 1.82) is 0 Å². The largest absolute Gasteiger partial charge is 0.487 e. The highest BCUT2D eigenvalue weighted by atomic mass is 16.5. The maximum absolute atomic E-state index is 12.7. The zero-order valence-electron chi connectivity index (χ0n) is 16.1. The molecule has 1 N–H and O–H groups in total. The number of pyridine rings is 2. The van der Waals surface area contributed by atoms with Gasteiger partial charge in [-0.3, -0.25) is 14.3 Å².